The molecule has 0 atom stereocenters. The molecular formula is C10H18O3. The van der Waals surface area contributed by atoms with E-state index < -0.39 is 5.97 Å². The molecule has 0 saturated carbocycles. The molecule has 0 saturated heterocycles. The summed E-state index contributed by atoms with van der Waals surface area (Å²) in [5.74, 6) is -1.10. The number of unbranched alkanes of at least 4 members (excludes halogenated alkanes) is 4. The van der Waals surface area contributed by atoms with E-state index in [1.54, 1.807) is 0 Å². The fourth-order valence-electron chi connectivity index (χ4n) is 1.12. The molecule has 0 bridgehead atoms. The van der Waals surface area contributed by atoms with Crippen LogP contribution in [0.4, 0.5) is 0 Å². The lowest BCUT2D eigenvalue weighted by molar-refractivity contribution is -0.131. The Morgan fingerprint density at radius 2 is 1.77 bits per heavy atom. The second-order valence-corrected chi connectivity index (χ2v) is 3.14. The van der Waals surface area contributed by atoms with Crippen LogP contribution in [0.1, 0.15) is 45.4 Å². The second-order valence-electron chi connectivity index (χ2n) is 3.14. The maximum atomic E-state index is 10.1. The Bertz CT molecular complexity index is 173. The summed E-state index contributed by atoms with van der Waals surface area (Å²) in [6.07, 6.45) is 6.84. The largest absolute Gasteiger partial charge is 0.512 e. The standard InChI is InChI=1S/C10H18O3/c1-2-3-4-5-6-7-9(11)8-10(12)13/h8,11H,2-7H2,1H3,(H,12,13). The molecule has 0 amide bonds. The van der Waals surface area contributed by atoms with Crippen molar-refractivity contribution in [3.63, 3.8) is 0 Å². The zero-order valence-corrected chi connectivity index (χ0v) is 8.12. The highest BCUT2D eigenvalue weighted by Gasteiger charge is 1.97. The first kappa shape index (κ1) is 12.0. The Balaban J connectivity index is 3.37. The molecule has 0 spiro atoms. The number of carbonyl (C=O) groups is 1. The summed E-state index contributed by atoms with van der Waals surface area (Å²) in [4.78, 5) is 10.1. The summed E-state index contributed by atoms with van der Waals surface area (Å²) in [5.41, 5.74) is 0. The summed E-state index contributed by atoms with van der Waals surface area (Å²) in [5, 5.41) is 17.3. The quantitative estimate of drug-likeness (QED) is 0.365. The zero-order chi connectivity index (χ0) is 10.1. The van der Waals surface area contributed by atoms with Crippen molar-refractivity contribution >= 4 is 5.97 Å². The van der Waals surface area contributed by atoms with Gasteiger partial charge >= 0.3 is 5.97 Å². The van der Waals surface area contributed by atoms with E-state index >= 15 is 0 Å². The molecule has 0 aliphatic rings. The van der Waals surface area contributed by atoms with Crippen LogP contribution in [0.25, 0.3) is 0 Å². The molecule has 0 aromatic carbocycles. The number of aliphatic carboxylic acids is 1. The molecule has 0 aliphatic carbocycles. The third-order valence-electron chi connectivity index (χ3n) is 1.83. The van der Waals surface area contributed by atoms with Gasteiger partial charge in [-0.25, -0.2) is 4.79 Å². The fraction of sp³-hybridized carbons (Fsp3) is 0.700. The lowest BCUT2D eigenvalue weighted by Gasteiger charge is -1.99. The molecule has 76 valence electrons. The predicted molar refractivity (Wildman–Crippen MR) is 51.7 cm³/mol. The van der Waals surface area contributed by atoms with Crippen molar-refractivity contribution in [2.24, 2.45) is 0 Å². The van der Waals surface area contributed by atoms with Crippen LogP contribution in [0.2, 0.25) is 0 Å². The monoisotopic (exact) mass is 186 g/mol. The van der Waals surface area contributed by atoms with Gasteiger partial charge in [0.25, 0.3) is 0 Å². The average molecular weight is 186 g/mol. The Morgan fingerprint density at radius 1 is 1.15 bits per heavy atom. The number of aliphatic hydroxyl groups is 1. The molecule has 3 nitrogen and oxygen atoms in total. The van der Waals surface area contributed by atoms with Gasteiger partial charge in [0.05, 0.1) is 11.8 Å². The minimum Gasteiger partial charge on any atom is -0.512 e. The molecule has 0 unspecified atom stereocenters. The van der Waals surface area contributed by atoms with Crippen LogP contribution in [0.5, 0.6) is 0 Å². The highest BCUT2D eigenvalue weighted by atomic mass is 16.4. The van der Waals surface area contributed by atoms with Crippen molar-refractivity contribution in [1.82, 2.24) is 0 Å². The number of allylic oxidation sites excluding steroid dienone is 1. The first-order valence-electron chi connectivity index (χ1n) is 4.79. The maximum Gasteiger partial charge on any atom is 0.331 e. The van der Waals surface area contributed by atoms with E-state index in [1.807, 2.05) is 0 Å². The normalized spacial score (nSPS) is 11.6. The third-order valence-corrected chi connectivity index (χ3v) is 1.83. The van der Waals surface area contributed by atoms with Crippen molar-refractivity contribution in [2.45, 2.75) is 45.4 Å². The van der Waals surface area contributed by atoms with E-state index in [4.69, 9.17) is 10.2 Å². The van der Waals surface area contributed by atoms with Crippen molar-refractivity contribution < 1.29 is 15.0 Å². The van der Waals surface area contributed by atoms with Crippen LogP contribution >= 0.6 is 0 Å². The van der Waals surface area contributed by atoms with Crippen molar-refractivity contribution in [3.05, 3.63) is 11.8 Å². The number of carboxylic acid groups (broad SMARTS) is 1. The number of hydrogen-bond donors (Lipinski definition) is 2. The molecule has 3 heteroatoms. The summed E-state index contributed by atoms with van der Waals surface area (Å²) in [7, 11) is 0. The molecule has 0 radical (unpaired) electrons. The van der Waals surface area contributed by atoms with E-state index in [-0.39, 0.29) is 5.76 Å². The molecule has 2 N–H and O–H groups in total. The summed E-state index contributed by atoms with van der Waals surface area (Å²) >= 11 is 0. The Labute approximate surface area is 79.1 Å². The first-order valence-corrected chi connectivity index (χ1v) is 4.79. The van der Waals surface area contributed by atoms with Gasteiger partial charge in [0, 0.05) is 6.42 Å². The van der Waals surface area contributed by atoms with Crippen LogP contribution < -0.4 is 0 Å². The third kappa shape index (κ3) is 8.92. The second kappa shape index (κ2) is 7.65. The van der Waals surface area contributed by atoms with Gasteiger partial charge < -0.3 is 10.2 Å². The topological polar surface area (TPSA) is 57.5 Å². The Morgan fingerprint density at radius 3 is 2.31 bits per heavy atom. The van der Waals surface area contributed by atoms with Crippen LogP contribution in [-0.2, 0) is 4.79 Å². The minimum atomic E-state index is -1.08. The Kier molecular flexibility index (Phi) is 7.07. The Hall–Kier alpha value is -0.990. The van der Waals surface area contributed by atoms with Crippen molar-refractivity contribution in [1.29, 1.82) is 0 Å². The SMILES string of the molecule is CCCCCCCC(O)=CC(=O)O. The molecule has 0 fully saturated rings. The maximum absolute atomic E-state index is 10.1. The molecule has 0 aromatic rings. The fourth-order valence-corrected chi connectivity index (χ4v) is 1.12. The van der Waals surface area contributed by atoms with Crippen LogP contribution in [0.3, 0.4) is 0 Å². The summed E-state index contributed by atoms with van der Waals surface area (Å²) in [6.45, 7) is 2.14. The van der Waals surface area contributed by atoms with Crippen molar-refractivity contribution in [2.75, 3.05) is 0 Å². The van der Waals surface area contributed by atoms with Gasteiger partial charge in [-0.1, -0.05) is 32.6 Å². The predicted octanol–water partition coefficient (Wildman–Crippen LogP) is 2.87. The van der Waals surface area contributed by atoms with Gasteiger partial charge in [0.2, 0.25) is 0 Å². The lowest BCUT2D eigenvalue weighted by atomic mass is 10.1. The highest BCUT2D eigenvalue weighted by Crippen LogP contribution is 2.08. The van der Waals surface area contributed by atoms with Gasteiger partial charge in [-0.15, -0.1) is 0 Å². The van der Waals surface area contributed by atoms with Crippen LogP contribution in [0.15, 0.2) is 11.8 Å². The van der Waals surface area contributed by atoms with E-state index in [0.717, 1.165) is 25.3 Å². The van der Waals surface area contributed by atoms with Crippen LogP contribution in [0, 0.1) is 0 Å². The smallest absolute Gasteiger partial charge is 0.331 e. The van der Waals surface area contributed by atoms with Crippen molar-refractivity contribution in [3.8, 4) is 0 Å². The van der Waals surface area contributed by atoms with E-state index in [2.05, 4.69) is 6.92 Å². The number of hydrogen-bond acceptors (Lipinski definition) is 2. The first-order chi connectivity index (χ1) is 6.16. The summed E-state index contributed by atoms with van der Waals surface area (Å²) in [6, 6.07) is 0. The van der Waals surface area contributed by atoms with E-state index in [1.165, 1.54) is 12.8 Å². The van der Waals surface area contributed by atoms with Crippen LogP contribution in [-0.4, -0.2) is 16.2 Å². The number of aliphatic hydroxyl groups excluding tert-OH is 1. The van der Waals surface area contributed by atoms with Gasteiger partial charge in [-0.05, 0) is 6.42 Å². The van der Waals surface area contributed by atoms with E-state index in [0.29, 0.717) is 6.42 Å². The van der Waals surface area contributed by atoms with Gasteiger partial charge in [-0.3, -0.25) is 0 Å². The molecule has 13 heavy (non-hydrogen) atoms. The molecule has 0 aliphatic heterocycles. The van der Waals surface area contributed by atoms with E-state index in [9.17, 15) is 4.79 Å². The average Bonchev–Trinajstić information content (AvgIpc) is 2.02. The molecular weight excluding hydrogens is 168 g/mol. The van der Waals surface area contributed by atoms with Gasteiger partial charge in [0.15, 0.2) is 0 Å². The number of rotatable bonds is 7. The number of carboxylic acids is 1. The lowest BCUT2D eigenvalue weighted by Crippen LogP contribution is -1.92. The minimum absolute atomic E-state index is 0.0241. The van der Waals surface area contributed by atoms with Gasteiger partial charge in [0.1, 0.15) is 0 Å². The molecule has 0 heterocycles. The van der Waals surface area contributed by atoms with Gasteiger partial charge in [-0.2, -0.15) is 0 Å². The molecule has 0 rings (SSSR count). The highest BCUT2D eigenvalue weighted by molar-refractivity contribution is 5.80. The summed E-state index contributed by atoms with van der Waals surface area (Å²) < 4.78 is 0. The molecule has 0 aromatic heterocycles. The zero-order valence-electron chi connectivity index (χ0n) is 8.12.